The van der Waals surface area contributed by atoms with Gasteiger partial charge in [0.05, 0.1) is 11.0 Å². The number of unbranched alkanes of at least 4 members (excludes halogenated alkanes) is 2. The molecule has 1 aromatic heterocycles. The average molecular weight is 325 g/mol. The molecule has 4 aromatic rings. The Morgan fingerprint density at radius 1 is 0.600 bits per heavy atom. The van der Waals surface area contributed by atoms with Gasteiger partial charge in [-0.1, -0.05) is 67.1 Å². The van der Waals surface area contributed by atoms with Gasteiger partial charge in [0.2, 0.25) is 0 Å². The number of pyridine rings is 1. The summed E-state index contributed by atoms with van der Waals surface area (Å²) in [6, 6.07) is 28.0. The summed E-state index contributed by atoms with van der Waals surface area (Å²) in [5.74, 6) is 0. The Labute approximate surface area is 149 Å². The van der Waals surface area contributed by atoms with Gasteiger partial charge in [-0.05, 0) is 55.0 Å². The van der Waals surface area contributed by atoms with Gasteiger partial charge in [0.25, 0.3) is 0 Å². The normalized spacial score (nSPS) is 11.2. The maximum absolute atomic E-state index is 4.82. The van der Waals surface area contributed by atoms with Crippen LogP contribution in [-0.4, -0.2) is 4.98 Å². The zero-order valence-electron chi connectivity index (χ0n) is 14.5. The Morgan fingerprint density at radius 3 is 2.28 bits per heavy atom. The lowest BCUT2D eigenvalue weighted by molar-refractivity contribution is 0.680. The molecule has 0 fully saturated rings. The number of aryl methyl sites for hydroxylation is 2. The summed E-state index contributed by atoms with van der Waals surface area (Å²) in [5, 5.41) is 2.54. The van der Waals surface area contributed by atoms with Crippen LogP contribution in [-0.2, 0) is 12.8 Å². The van der Waals surface area contributed by atoms with Crippen molar-refractivity contribution in [1.82, 2.24) is 4.98 Å². The molecular weight excluding hydrogens is 302 g/mol. The summed E-state index contributed by atoms with van der Waals surface area (Å²) in [6.45, 7) is 0. The number of rotatable bonds is 6. The van der Waals surface area contributed by atoms with Gasteiger partial charge < -0.3 is 0 Å². The first-order valence-corrected chi connectivity index (χ1v) is 9.21. The molecule has 0 amide bonds. The van der Waals surface area contributed by atoms with E-state index in [1.165, 1.54) is 47.6 Å². The van der Waals surface area contributed by atoms with Gasteiger partial charge in [0.1, 0.15) is 0 Å². The third kappa shape index (κ3) is 3.71. The minimum atomic E-state index is 1.08. The van der Waals surface area contributed by atoms with E-state index in [1.54, 1.807) is 0 Å². The van der Waals surface area contributed by atoms with Crippen molar-refractivity contribution in [3.63, 3.8) is 0 Å². The lowest BCUT2D eigenvalue weighted by Gasteiger charge is -2.08. The maximum Gasteiger partial charge on any atom is 0.0712 e. The fourth-order valence-corrected chi connectivity index (χ4v) is 3.54. The molecule has 0 bridgehead atoms. The molecule has 0 atom stereocenters. The SMILES string of the molecule is c1ccc(CCCCCc2cccc3nc4ccccc4cc23)cc1. The van der Waals surface area contributed by atoms with Crippen molar-refractivity contribution in [2.24, 2.45) is 0 Å². The van der Waals surface area contributed by atoms with Crippen molar-refractivity contribution in [2.75, 3.05) is 0 Å². The number of hydrogen-bond acceptors (Lipinski definition) is 1. The van der Waals surface area contributed by atoms with Crippen molar-refractivity contribution >= 4 is 21.8 Å². The summed E-state index contributed by atoms with van der Waals surface area (Å²) >= 11 is 0. The molecule has 0 aliphatic heterocycles. The van der Waals surface area contributed by atoms with Crippen molar-refractivity contribution in [2.45, 2.75) is 32.1 Å². The van der Waals surface area contributed by atoms with Crippen molar-refractivity contribution in [3.05, 3.63) is 90.0 Å². The number of aromatic nitrogens is 1. The number of nitrogens with zero attached hydrogens (tertiary/aromatic N) is 1. The van der Waals surface area contributed by atoms with Gasteiger partial charge in [0, 0.05) is 10.8 Å². The van der Waals surface area contributed by atoms with Crippen LogP contribution in [0.2, 0.25) is 0 Å². The second kappa shape index (κ2) is 7.48. The van der Waals surface area contributed by atoms with E-state index in [0.29, 0.717) is 0 Å². The molecule has 1 heterocycles. The van der Waals surface area contributed by atoms with Crippen LogP contribution >= 0.6 is 0 Å². The van der Waals surface area contributed by atoms with E-state index in [9.17, 15) is 0 Å². The minimum absolute atomic E-state index is 1.08. The molecule has 25 heavy (non-hydrogen) atoms. The molecule has 0 spiro atoms. The molecule has 0 saturated carbocycles. The predicted octanol–water partition coefficient (Wildman–Crippen LogP) is 6.34. The van der Waals surface area contributed by atoms with E-state index in [2.05, 4.69) is 78.9 Å². The lowest BCUT2D eigenvalue weighted by Crippen LogP contribution is -1.91. The monoisotopic (exact) mass is 325 g/mol. The number of hydrogen-bond donors (Lipinski definition) is 0. The minimum Gasteiger partial charge on any atom is -0.248 e. The van der Waals surface area contributed by atoms with Crippen LogP contribution in [0.4, 0.5) is 0 Å². The average Bonchev–Trinajstić information content (AvgIpc) is 2.67. The zero-order chi connectivity index (χ0) is 16.9. The molecule has 0 N–H and O–H groups in total. The molecule has 0 radical (unpaired) electrons. The second-order valence-electron chi connectivity index (χ2n) is 6.71. The standard InChI is InChI=1S/C24H23N/c1-3-10-19(11-4-1)12-5-2-6-13-20-15-9-17-24-22(20)18-21-14-7-8-16-23(21)25-24/h1,3-4,7-11,14-18H,2,5-6,12-13H2. The quantitative estimate of drug-likeness (QED) is 0.297. The fourth-order valence-electron chi connectivity index (χ4n) is 3.54. The van der Waals surface area contributed by atoms with Crippen LogP contribution in [0.25, 0.3) is 21.8 Å². The number of para-hydroxylation sites is 1. The molecular formula is C24H23N. The zero-order valence-corrected chi connectivity index (χ0v) is 14.5. The first-order valence-electron chi connectivity index (χ1n) is 9.21. The van der Waals surface area contributed by atoms with Crippen molar-refractivity contribution in [1.29, 1.82) is 0 Å². The van der Waals surface area contributed by atoms with Crippen molar-refractivity contribution in [3.8, 4) is 0 Å². The van der Waals surface area contributed by atoms with Gasteiger partial charge in [0.15, 0.2) is 0 Å². The summed E-state index contributed by atoms with van der Waals surface area (Å²) in [7, 11) is 0. The first kappa shape index (κ1) is 15.8. The second-order valence-corrected chi connectivity index (χ2v) is 6.71. The van der Waals surface area contributed by atoms with Crippen LogP contribution in [0.5, 0.6) is 0 Å². The highest BCUT2D eigenvalue weighted by atomic mass is 14.7. The Hall–Kier alpha value is -2.67. The van der Waals surface area contributed by atoms with E-state index < -0.39 is 0 Å². The van der Waals surface area contributed by atoms with Gasteiger partial charge in [-0.15, -0.1) is 0 Å². The van der Waals surface area contributed by atoms with E-state index in [4.69, 9.17) is 4.98 Å². The van der Waals surface area contributed by atoms with E-state index in [1.807, 2.05) is 0 Å². The lowest BCUT2D eigenvalue weighted by atomic mass is 9.99. The van der Waals surface area contributed by atoms with Gasteiger partial charge in [-0.2, -0.15) is 0 Å². The van der Waals surface area contributed by atoms with Gasteiger partial charge in [-0.25, -0.2) is 4.98 Å². The molecule has 0 aliphatic carbocycles. The Balaban J connectivity index is 1.43. The third-order valence-corrected chi connectivity index (χ3v) is 4.91. The molecule has 0 aliphatic rings. The number of benzene rings is 3. The summed E-state index contributed by atoms with van der Waals surface area (Å²) in [4.78, 5) is 4.82. The first-order chi connectivity index (χ1) is 12.4. The highest BCUT2D eigenvalue weighted by Crippen LogP contribution is 2.24. The van der Waals surface area contributed by atoms with E-state index in [0.717, 1.165) is 17.5 Å². The van der Waals surface area contributed by atoms with Crippen LogP contribution < -0.4 is 0 Å². The largest absolute Gasteiger partial charge is 0.248 e. The van der Waals surface area contributed by atoms with Crippen LogP contribution in [0, 0.1) is 0 Å². The third-order valence-electron chi connectivity index (χ3n) is 4.91. The molecule has 4 rings (SSSR count). The van der Waals surface area contributed by atoms with E-state index in [-0.39, 0.29) is 0 Å². The van der Waals surface area contributed by atoms with Gasteiger partial charge in [-0.3, -0.25) is 0 Å². The summed E-state index contributed by atoms with van der Waals surface area (Å²) < 4.78 is 0. The summed E-state index contributed by atoms with van der Waals surface area (Å²) in [5.41, 5.74) is 5.06. The Bertz CT molecular complexity index is 973. The highest BCUT2D eigenvalue weighted by Gasteiger charge is 2.04. The van der Waals surface area contributed by atoms with Crippen LogP contribution in [0.1, 0.15) is 30.4 Å². The molecule has 1 heteroatoms. The molecule has 3 aromatic carbocycles. The van der Waals surface area contributed by atoms with Crippen LogP contribution in [0.3, 0.4) is 0 Å². The molecule has 0 unspecified atom stereocenters. The Kier molecular flexibility index (Phi) is 4.74. The molecule has 124 valence electrons. The fraction of sp³-hybridized carbons (Fsp3) is 0.208. The number of fused-ring (bicyclic) bond motifs is 2. The van der Waals surface area contributed by atoms with E-state index >= 15 is 0 Å². The van der Waals surface area contributed by atoms with Crippen LogP contribution in [0.15, 0.2) is 78.9 Å². The summed E-state index contributed by atoms with van der Waals surface area (Å²) in [6.07, 6.45) is 6.08. The maximum atomic E-state index is 4.82. The van der Waals surface area contributed by atoms with Gasteiger partial charge >= 0.3 is 0 Å². The molecule has 1 nitrogen and oxygen atoms in total. The molecule has 0 saturated heterocycles. The topological polar surface area (TPSA) is 12.9 Å². The Morgan fingerprint density at radius 2 is 1.36 bits per heavy atom. The smallest absolute Gasteiger partial charge is 0.0712 e. The highest BCUT2D eigenvalue weighted by molar-refractivity contribution is 5.94. The van der Waals surface area contributed by atoms with Crippen molar-refractivity contribution < 1.29 is 0 Å². The predicted molar refractivity (Wildman–Crippen MR) is 107 cm³/mol.